The zero-order valence-corrected chi connectivity index (χ0v) is 20.9. The van der Waals surface area contributed by atoms with E-state index in [9.17, 15) is 13.2 Å². The van der Waals surface area contributed by atoms with Crippen LogP contribution in [0.25, 0.3) is 0 Å². The number of likely N-dealkylation sites (N-methyl/N-ethyl adjacent to an activating group) is 1. The van der Waals surface area contributed by atoms with Crippen LogP contribution in [-0.2, 0) is 14.8 Å². The monoisotopic (exact) mass is 489 g/mol. The lowest BCUT2D eigenvalue weighted by atomic mass is 10.0. The molecule has 2 atom stereocenters. The van der Waals surface area contributed by atoms with E-state index >= 15 is 0 Å². The van der Waals surface area contributed by atoms with Gasteiger partial charge in [0, 0.05) is 25.3 Å². The molecule has 1 fully saturated rings. The molecule has 0 radical (unpaired) electrons. The van der Waals surface area contributed by atoms with Crippen LogP contribution < -0.4 is 14.8 Å². The standard InChI is InChI=1S/C25H35N3O5S/c1-4-28(5-2)24(20-8-6-9-21(16-20)32-3)18-26-25(29)19-11-13-23(14-12-19)34(30,31)27-17-22-10-7-15-33-22/h6,8-9,11-14,16,22,24,27H,4-5,7,10,15,17-18H2,1-3H3,(H,26,29). The Hall–Kier alpha value is -2.46. The lowest BCUT2D eigenvalue weighted by molar-refractivity contribution is 0.0935. The fraction of sp³-hybridized carbons (Fsp3) is 0.480. The molecule has 1 amide bonds. The van der Waals surface area contributed by atoms with E-state index in [0.717, 1.165) is 37.2 Å². The number of rotatable bonds is 12. The number of nitrogens with zero attached hydrogens (tertiary/aromatic N) is 1. The summed E-state index contributed by atoms with van der Waals surface area (Å²) in [6.45, 7) is 7.18. The van der Waals surface area contributed by atoms with Crippen molar-refractivity contribution in [3.8, 4) is 5.75 Å². The molecule has 1 heterocycles. The molecular formula is C25H35N3O5S. The minimum absolute atomic E-state index is 0.0179. The molecule has 1 saturated heterocycles. The molecular weight excluding hydrogens is 454 g/mol. The van der Waals surface area contributed by atoms with Crippen LogP contribution in [0.3, 0.4) is 0 Å². The first-order valence-corrected chi connectivity index (χ1v) is 13.2. The van der Waals surface area contributed by atoms with Crippen LogP contribution in [0, 0.1) is 0 Å². The summed E-state index contributed by atoms with van der Waals surface area (Å²) in [5.41, 5.74) is 1.46. The number of hydrogen-bond donors (Lipinski definition) is 2. The average Bonchev–Trinajstić information content (AvgIpc) is 3.39. The number of ether oxygens (including phenoxy) is 2. The topological polar surface area (TPSA) is 97.0 Å². The molecule has 0 saturated carbocycles. The summed E-state index contributed by atoms with van der Waals surface area (Å²) in [7, 11) is -2.02. The maximum atomic E-state index is 12.8. The fourth-order valence-corrected chi connectivity index (χ4v) is 5.21. The summed E-state index contributed by atoms with van der Waals surface area (Å²) in [5.74, 6) is 0.516. The highest BCUT2D eigenvalue weighted by Crippen LogP contribution is 2.24. The van der Waals surface area contributed by atoms with Crippen molar-refractivity contribution in [3.05, 3.63) is 59.7 Å². The number of benzene rings is 2. The minimum Gasteiger partial charge on any atom is -0.497 e. The normalized spacial score (nSPS) is 17.0. The fourth-order valence-electron chi connectivity index (χ4n) is 4.14. The van der Waals surface area contributed by atoms with Crippen molar-refractivity contribution in [3.63, 3.8) is 0 Å². The zero-order chi connectivity index (χ0) is 24.6. The molecule has 34 heavy (non-hydrogen) atoms. The Morgan fingerprint density at radius 1 is 1.18 bits per heavy atom. The Labute approximate surface area is 202 Å². The second-order valence-corrected chi connectivity index (χ2v) is 10.0. The van der Waals surface area contributed by atoms with Crippen molar-refractivity contribution in [1.82, 2.24) is 14.9 Å². The molecule has 0 bridgehead atoms. The van der Waals surface area contributed by atoms with E-state index in [0.29, 0.717) is 18.7 Å². The third kappa shape index (κ3) is 6.79. The molecule has 9 heteroatoms. The summed E-state index contributed by atoms with van der Waals surface area (Å²) in [6.07, 6.45) is 1.72. The van der Waals surface area contributed by atoms with Gasteiger partial charge in [0.2, 0.25) is 10.0 Å². The van der Waals surface area contributed by atoms with E-state index in [4.69, 9.17) is 9.47 Å². The van der Waals surface area contributed by atoms with Crippen molar-refractivity contribution in [1.29, 1.82) is 0 Å². The summed E-state index contributed by atoms with van der Waals surface area (Å²) in [6, 6.07) is 13.8. The van der Waals surface area contributed by atoms with Crippen molar-refractivity contribution >= 4 is 15.9 Å². The lowest BCUT2D eigenvalue weighted by Gasteiger charge is -2.30. The first-order chi connectivity index (χ1) is 16.4. The average molecular weight is 490 g/mol. The van der Waals surface area contributed by atoms with E-state index in [1.807, 2.05) is 24.3 Å². The smallest absolute Gasteiger partial charge is 0.251 e. The van der Waals surface area contributed by atoms with Crippen LogP contribution in [0.5, 0.6) is 5.75 Å². The molecule has 0 aromatic heterocycles. The molecule has 8 nitrogen and oxygen atoms in total. The van der Waals surface area contributed by atoms with Crippen LogP contribution in [-0.4, -0.2) is 65.2 Å². The molecule has 0 aliphatic carbocycles. The summed E-state index contributed by atoms with van der Waals surface area (Å²) in [5, 5.41) is 3.00. The Kier molecular flexibility index (Phi) is 9.46. The van der Waals surface area contributed by atoms with Crippen LogP contribution >= 0.6 is 0 Å². The summed E-state index contributed by atoms with van der Waals surface area (Å²) < 4.78 is 38.5. The van der Waals surface area contributed by atoms with E-state index in [2.05, 4.69) is 28.8 Å². The van der Waals surface area contributed by atoms with Crippen LogP contribution in [0.2, 0.25) is 0 Å². The van der Waals surface area contributed by atoms with Gasteiger partial charge >= 0.3 is 0 Å². The molecule has 1 aliphatic rings. The highest BCUT2D eigenvalue weighted by Gasteiger charge is 2.22. The number of carbonyl (C=O) groups is 1. The molecule has 2 unspecified atom stereocenters. The van der Waals surface area contributed by atoms with E-state index in [-0.39, 0.29) is 29.5 Å². The number of sulfonamides is 1. The Morgan fingerprint density at radius 2 is 1.91 bits per heavy atom. The molecule has 2 aromatic carbocycles. The third-order valence-corrected chi connectivity index (χ3v) is 7.58. The van der Waals surface area contributed by atoms with E-state index in [1.54, 1.807) is 7.11 Å². The van der Waals surface area contributed by atoms with E-state index < -0.39 is 10.0 Å². The second-order valence-electron chi connectivity index (χ2n) is 8.23. The number of carbonyl (C=O) groups excluding carboxylic acids is 1. The summed E-state index contributed by atoms with van der Waals surface area (Å²) >= 11 is 0. The predicted octanol–water partition coefficient (Wildman–Crippen LogP) is 2.97. The number of methoxy groups -OCH3 is 1. The Morgan fingerprint density at radius 3 is 2.53 bits per heavy atom. The first kappa shape index (κ1) is 26.2. The van der Waals surface area contributed by atoms with Crippen molar-refractivity contribution in [2.75, 3.05) is 39.9 Å². The van der Waals surface area contributed by atoms with Gasteiger partial charge in [0.15, 0.2) is 0 Å². The maximum Gasteiger partial charge on any atom is 0.251 e. The highest BCUT2D eigenvalue weighted by atomic mass is 32.2. The quantitative estimate of drug-likeness (QED) is 0.476. The van der Waals surface area contributed by atoms with Gasteiger partial charge in [-0.2, -0.15) is 0 Å². The molecule has 0 spiro atoms. The second kappa shape index (κ2) is 12.3. The number of hydrogen-bond acceptors (Lipinski definition) is 6. The van der Waals surface area contributed by atoms with E-state index in [1.165, 1.54) is 24.3 Å². The SMILES string of the molecule is CCN(CC)C(CNC(=O)c1ccc(S(=O)(=O)NCC2CCCO2)cc1)c1cccc(OC)c1. The zero-order valence-electron chi connectivity index (χ0n) is 20.1. The first-order valence-electron chi connectivity index (χ1n) is 11.8. The largest absolute Gasteiger partial charge is 0.497 e. The molecule has 2 aromatic rings. The molecule has 1 aliphatic heterocycles. The predicted molar refractivity (Wildman–Crippen MR) is 132 cm³/mol. The van der Waals surface area contributed by atoms with Gasteiger partial charge in [0.25, 0.3) is 5.91 Å². The van der Waals surface area contributed by atoms with Crippen molar-refractivity contribution in [2.45, 2.75) is 43.7 Å². The van der Waals surface area contributed by atoms with Gasteiger partial charge in [-0.3, -0.25) is 9.69 Å². The van der Waals surface area contributed by atoms with Gasteiger partial charge in [-0.25, -0.2) is 13.1 Å². The van der Waals surface area contributed by atoms with Crippen LogP contribution in [0.4, 0.5) is 0 Å². The third-order valence-electron chi connectivity index (χ3n) is 6.14. The Bertz CT molecular complexity index is 1030. The van der Waals surface area contributed by atoms with Crippen molar-refractivity contribution < 1.29 is 22.7 Å². The number of amides is 1. The van der Waals surface area contributed by atoms with Gasteiger partial charge in [0.05, 0.1) is 24.2 Å². The van der Waals surface area contributed by atoms with Gasteiger partial charge in [-0.15, -0.1) is 0 Å². The van der Waals surface area contributed by atoms with Gasteiger partial charge in [-0.05, 0) is 67.9 Å². The molecule has 186 valence electrons. The van der Waals surface area contributed by atoms with Gasteiger partial charge < -0.3 is 14.8 Å². The van der Waals surface area contributed by atoms with Crippen molar-refractivity contribution in [2.24, 2.45) is 0 Å². The van der Waals surface area contributed by atoms with Gasteiger partial charge in [-0.1, -0.05) is 26.0 Å². The number of nitrogens with one attached hydrogen (secondary N) is 2. The molecule has 2 N–H and O–H groups in total. The summed E-state index contributed by atoms with van der Waals surface area (Å²) in [4.78, 5) is 15.2. The highest BCUT2D eigenvalue weighted by molar-refractivity contribution is 7.89. The molecule has 3 rings (SSSR count). The minimum atomic E-state index is -3.66. The Balaban J connectivity index is 1.65. The van der Waals surface area contributed by atoms with Gasteiger partial charge in [0.1, 0.15) is 5.75 Å². The lowest BCUT2D eigenvalue weighted by Crippen LogP contribution is -2.38. The maximum absolute atomic E-state index is 12.8. The van der Waals surface area contributed by atoms with Crippen LogP contribution in [0.1, 0.15) is 48.7 Å². The van der Waals surface area contributed by atoms with Crippen LogP contribution in [0.15, 0.2) is 53.4 Å².